The highest BCUT2D eigenvalue weighted by molar-refractivity contribution is 5.85. The van der Waals surface area contributed by atoms with Crippen LogP contribution in [0.2, 0.25) is 0 Å². The molecule has 2 aromatic rings. The molecule has 5 heteroatoms. The second-order valence-corrected chi connectivity index (χ2v) is 5.49. The zero-order chi connectivity index (χ0) is 14.0. The molecule has 0 amide bonds. The van der Waals surface area contributed by atoms with E-state index in [4.69, 9.17) is 0 Å². The van der Waals surface area contributed by atoms with Crippen LogP contribution in [0.3, 0.4) is 0 Å². The molecule has 2 rings (SSSR count). The predicted molar refractivity (Wildman–Crippen MR) is 71.2 cm³/mol. The molecule has 0 bridgehead atoms. The van der Waals surface area contributed by atoms with E-state index >= 15 is 0 Å². The topological polar surface area (TPSA) is 68.0 Å². The van der Waals surface area contributed by atoms with Crippen LogP contribution in [0.5, 0.6) is 0 Å². The highest BCUT2D eigenvalue weighted by atomic mass is 16.4. The maximum absolute atomic E-state index is 11.3. The molecule has 1 N–H and O–H groups in total. The minimum Gasteiger partial charge on any atom is -0.477 e. The van der Waals surface area contributed by atoms with Gasteiger partial charge < -0.3 is 5.11 Å². The van der Waals surface area contributed by atoms with Crippen LogP contribution < -0.4 is 0 Å². The number of hydrogen-bond acceptors (Lipinski definition) is 3. The Bertz CT molecular complexity index is 582. The number of rotatable bonds is 3. The number of carboxylic acid groups (broad SMARTS) is 1. The number of carbonyl (C=O) groups is 1. The van der Waals surface area contributed by atoms with Crippen LogP contribution >= 0.6 is 0 Å². The first-order valence-corrected chi connectivity index (χ1v) is 6.08. The molecule has 5 nitrogen and oxygen atoms in total. The van der Waals surface area contributed by atoms with Crippen LogP contribution in [0, 0.1) is 0 Å². The number of aromatic carboxylic acids is 1. The molecule has 0 saturated heterocycles. The van der Waals surface area contributed by atoms with E-state index < -0.39 is 5.97 Å². The largest absolute Gasteiger partial charge is 0.477 e. The minimum absolute atomic E-state index is 0.176. The van der Waals surface area contributed by atoms with E-state index in [1.54, 1.807) is 18.5 Å². The van der Waals surface area contributed by atoms with Crippen molar-refractivity contribution in [3.8, 4) is 0 Å². The molecule has 2 heterocycles. The third-order valence-electron chi connectivity index (χ3n) is 2.82. The summed E-state index contributed by atoms with van der Waals surface area (Å²) in [5, 5.41) is 13.7. The molecule has 100 valence electrons. The van der Waals surface area contributed by atoms with Gasteiger partial charge in [0.05, 0.1) is 12.2 Å². The van der Waals surface area contributed by atoms with Gasteiger partial charge in [0.15, 0.2) is 0 Å². The zero-order valence-electron chi connectivity index (χ0n) is 11.3. The molecule has 2 aromatic heterocycles. The summed E-state index contributed by atoms with van der Waals surface area (Å²) in [6.45, 7) is 6.44. The van der Waals surface area contributed by atoms with Gasteiger partial charge in [-0.05, 0) is 17.7 Å². The van der Waals surface area contributed by atoms with Crippen LogP contribution in [-0.4, -0.2) is 25.8 Å². The van der Waals surface area contributed by atoms with Crippen LogP contribution in [0.15, 0.2) is 30.6 Å². The first-order chi connectivity index (χ1) is 8.88. The Morgan fingerprint density at radius 1 is 1.42 bits per heavy atom. The Labute approximate surface area is 111 Å². The summed E-state index contributed by atoms with van der Waals surface area (Å²) in [5.74, 6) is -0.966. The third kappa shape index (κ3) is 2.99. The van der Waals surface area contributed by atoms with E-state index in [2.05, 4.69) is 10.1 Å². The number of pyridine rings is 1. The second kappa shape index (κ2) is 4.84. The van der Waals surface area contributed by atoms with E-state index in [0.717, 1.165) is 11.3 Å². The molecular formula is C14H17N3O2. The summed E-state index contributed by atoms with van der Waals surface area (Å²) in [7, 11) is 0. The van der Waals surface area contributed by atoms with Crippen molar-refractivity contribution in [3.63, 3.8) is 0 Å². The van der Waals surface area contributed by atoms with E-state index in [9.17, 15) is 9.90 Å². The van der Waals surface area contributed by atoms with Crippen LogP contribution in [0.4, 0.5) is 0 Å². The maximum atomic E-state index is 11.3. The van der Waals surface area contributed by atoms with Crippen LogP contribution in [-0.2, 0) is 12.0 Å². The normalized spacial score (nSPS) is 11.5. The summed E-state index contributed by atoms with van der Waals surface area (Å²) in [6, 6.07) is 5.36. The Kier molecular flexibility index (Phi) is 3.38. The van der Waals surface area contributed by atoms with Crippen LogP contribution in [0.25, 0.3) is 0 Å². The van der Waals surface area contributed by atoms with Crippen molar-refractivity contribution in [2.45, 2.75) is 32.7 Å². The van der Waals surface area contributed by atoms with Gasteiger partial charge in [-0.2, -0.15) is 5.10 Å². The Balaban J connectivity index is 2.39. The molecule has 0 aliphatic heterocycles. The van der Waals surface area contributed by atoms with Gasteiger partial charge in [-0.1, -0.05) is 26.8 Å². The number of nitrogens with zero attached hydrogens (tertiary/aromatic N) is 3. The monoisotopic (exact) mass is 259 g/mol. The van der Waals surface area contributed by atoms with Gasteiger partial charge in [0.1, 0.15) is 5.69 Å². The van der Waals surface area contributed by atoms with Crippen molar-refractivity contribution in [2.75, 3.05) is 0 Å². The third-order valence-corrected chi connectivity index (χ3v) is 2.82. The van der Waals surface area contributed by atoms with Gasteiger partial charge >= 0.3 is 5.97 Å². The SMILES string of the molecule is CC(C)(C)c1cc(C(=O)O)n(Cc2cccnc2)n1. The number of hydrogen-bond donors (Lipinski definition) is 1. The maximum Gasteiger partial charge on any atom is 0.354 e. The van der Waals surface area contributed by atoms with Gasteiger partial charge in [-0.25, -0.2) is 4.79 Å². The molecule has 19 heavy (non-hydrogen) atoms. The molecule has 0 atom stereocenters. The summed E-state index contributed by atoms with van der Waals surface area (Å²) >= 11 is 0. The van der Waals surface area contributed by atoms with Gasteiger partial charge in [0.25, 0.3) is 0 Å². The summed E-state index contributed by atoms with van der Waals surface area (Å²) in [4.78, 5) is 15.3. The first-order valence-electron chi connectivity index (χ1n) is 6.08. The van der Waals surface area contributed by atoms with Crippen molar-refractivity contribution in [1.82, 2.24) is 14.8 Å². The zero-order valence-corrected chi connectivity index (χ0v) is 11.3. The molecule has 0 fully saturated rings. The van der Waals surface area contributed by atoms with Crippen molar-refractivity contribution in [2.24, 2.45) is 0 Å². The van der Waals surface area contributed by atoms with Gasteiger partial charge in [-0.3, -0.25) is 9.67 Å². The number of carboxylic acids is 1. The van der Waals surface area contributed by atoms with Gasteiger partial charge in [-0.15, -0.1) is 0 Å². The summed E-state index contributed by atoms with van der Waals surface area (Å²) < 4.78 is 1.51. The van der Waals surface area contributed by atoms with Crippen molar-refractivity contribution < 1.29 is 9.90 Å². The molecule has 0 aliphatic rings. The Morgan fingerprint density at radius 3 is 2.68 bits per heavy atom. The lowest BCUT2D eigenvalue weighted by Gasteiger charge is -2.14. The smallest absolute Gasteiger partial charge is 0.354 e. The minimum atomic E-state index is -0.966. The summed E-state index contributed by atoms with van der Waals surface area (Å²) in [6.07, 6.45) is 3.40. The number of aromatic nitrogens is 3. The lowest BCUT2D eigenvalue weighted by atomic mass is 9.92. The molecule has 0 unspecified atom stereocenters. The van der Waals surface area contributed by atoms with E-state index in [1.165, 1.54) is 4.68 Å². The lowest BCUT2D eigenvalue weighted by molar-refractivity contribution is 0.0684. The van der Waals surface area contributed by atoms with E-state index in [-0.39, 0.29) is 11.1 Å². The average Bonchev–Trinajstić information content (AvgIpc) is 2.74. The average molecular weight is 259 g/mol. The molecule has 0 aromatic carbocycles. The highest BCUT2D eigenvalue weighted by Crippen LogP contribution is 2.22. The first kappa shape index (κ1) is 13.3. The second-order valence-electron chi connectivity index (χ2n) is 5.49. The van der Waals surface area contributed by atoms with Crippen LogP contribution in [0.1, 0.15) is 42.5 Å². The van der Waals surface area contributed by atoms with Crippen molar-refractivity contribution in [1.29, 1.82) is 0 Å². The van der Waals surface area contributed by atoms with Gasteiger partial charge in [0.2, 0.25) is 0 Å². The fourth-order valence-corrected chi connectivity index (χ4v) is 1.74. The van der Waals surface area contributed by atoms with Gasteiger partial charge in [0, 0.05) is 17.8 Å². The van der Waals surface area contributed by atoms with Crippen molar-refractivity contribution in [3.05, 3.63) is 47.5 Å². The van der Waals surface area contributed by atoms with E-state index in [1.807, 2.05) is 32.9 Å². The highest BCUT2D eigenvalue weighted by Gasteiger charge is 2.22. The Morgan fingerprint density at radius 2 is 2.16 bits per heavy atom. The molecule has 0 spiro atoms. The van der Waals surface area contributed by atoms with E-state index in [0.29, 0.717) is 6.54 Å². The standard InChI is InChI=1S/C14H17N3O2/c1-14(2,3)12-7-11(13(18)19)17(16-12)9-10-5-4-6-15-8-10/h4-8H,9H2,1-3H3,(H,18,19). The molecule has 0 saturated carbocycles. The quantitative estimate of drug-likeness (QED) is 0.918. The van der Waals surface area contributed by atoms with Crippen molar-refractivity contribution >= 4 is 5.97 Å². The molecular weight excluding hydrogens is 242 g/mol. The fraction of sp³-hybridized carbons (Fsp3) is 0.357. The molecule has 0 radical (unpaired) electrons. The summed E-state index contributed by atoms with van der Waals surface area (Å²) in [5.41, 5.74) is 1.72. The molecule has 0 aliphatic carbocycles. The lowest BCUT2D eigenvalue weighted by Crippen LogP contribution is -2.14. The Hall–Kier alpha value is -2.17. The predicted octanol–water partition coefficient (Wildman–Crippen LogP) is 2.32. The fourth-order valence-electron chi connectivity index (χ4n) is 1.74.